The second-order valence-electron chi connectivity index (χ2n) is 5.90. The lowest BCUT2D eigenvalue weighted by molar-refractivity contribution is -0.0706. The molecule has 2 aromatic rings. The summed E-state index contributed by atoms with van der Waals surface area (Å²) in [5.41, 5.74) is 1.07. The van der Waals surface area contributed by atoms with Crippen molar-refractivity contribution in [1.29, 1.82) is 0 Å². The summed E-state index contributed by atoms with van der Waals surface area (Å²) >= 11 is 0. The SMILES string of the molecule is CCN1CCO[C@@H](CNC(=O)c2ncc(C)o2)[C@@H]1c1cncn1C. The number of hydrogen-bond donors (Lipinski definition) is 1. The molecule has 1 aliphatic rings. The summed E-state index contributed by atoms with van der Waals surface area (Å²) in [4.78, 5) is 22.7. The zero-order valence-corrected chi connectivity index (χ0v) is 14.2. The number of hydrogen-bond acceptors (Lipinski definition) is 6. The molecule has 0 aliphatic carbocycles. The Hall–Kier alpha value is -2.19. The van der Waals surface area contributed by atoms with E-state index in [1.165, 1.54) is 6.20 Å². The lowest BCUT2D eigenvalue weighted by Crippen LogP contribution is -2.50. The first kappa shape index (κ1) is 16.7. The van der Waals surface area contributed by atoms with Gasteiger partial charge in [0.25, 0.3) is 5.89 Å². The number of ether oxygens (including phenoxy) is 1. The number of nitrogens with one attached hydrogen (secondary N) is 1. The van der Waals surface area contributed by atoms with Crippen LogP contribution in [0.2, 0.25) is 0 Å². The van der Waals surface area contributed by atoms with E-state index in [-0.39, 0.29) is 23.9 Å². The molecule has 1 saturated heterocycles. The fraction of sp³-hybridized carbons (Fsp3) is 0.562. The van der Waals surface area contributed by atoms with Crippen LogP contribution in [0.1, 0.15) is 35.1 Å². The van der Waals surface area contributed by atoms with Crippen molar-refractivity contribution in [3.8, 4) is 0 Å². The third-order valence-electron chi connectivity index (χ3n) is 4.30. The molecule has 8 nitrogen and oxygen atoms in total. The number of likely N-dealkylation sites (N-methyl/N-ethyl adjacent to an activating group) is 1. The van der Waals surface area contributed by atoms with Crippen LogP contribution < -0.4 is 5.32 Å². The molecular weight excluding hydrogens is 310 g/mol. The summed E-state index contributed by atoms with van der Waals surface area (Å²) in [5, 5.41) is 2.86. The molecule has 3 heterocycles. The molecule has 2 aromatic heterocycles. The molecule has 0 radical (unpaired) electrons. The molecule has 3 rings (SSSR count). The van der Waals surface area contributed by atoms with Gasteiger partial charge in [0.1, 0.15) is 5.76 Å². The minimum atomic E-state index is -0.330. The first-order valence-corrected chi connectivity index (χ1v) is 8.12. The van der Waals surface area contributed by atoms with Gasteiger partial charge in [-0.2, -0.15) is 0 Å². The van der Waals surface area contributed by atoms with E-state index in [2.05, 4.69) is 27.1 Å². The number of carbonyl (C=O) groups excluding carboxylic acids is 1. The van der Waals surface area contributed by atoms with E-state index in [0.717, 1.165) is 18.8 Å². The van der Waals surface area contributed by atoms with Crippen molar-refractivity contribution in [2.75, 3.05) is 26.2 Å². The first-order chi connectivity index (χ1) is 11.6. The Bertz CT molecular complexity index is 695. The van der Waals surface area contributed by atoms with Crippen LogP contribution in [0.4, 0.5) is 0 Å². The molecule has 24 heavy (non-hydrogen) atoms. The van der Waals surface area contributed by atoms with Gasteiger partial charge in [-0.25, -0.2) is 9.97 Å². The second-order valence-corrected chi connectivity index (χ2v) is 5.90. The Morgan fingerprint density at radius 1 is 1.46 bits per heavy atom. The molecule has 0 unspecified atom stereocenters. The van der Waals surface area contributed by atoms with Crippen LogP contribution in [0.25, 0.3) is 0 Å². The van der Waals surface area contributed by atoms with Crippen LogP contribution >= 0.6 is 0 Å². The van der Waals surface area contributed by atoms with Crippen molar-refractivity contribution in [2.24, 2.45) is 7.05 Å². The van der Waals surface area contributed by atoms with Crippen LogP contribution in [0, 0.1) is 6.92 Å². The first-order valence-electron chi connectivity index (χ1n) is 8.12. The van der Waals surface area contributed by atoms with Gasteiger partial charge < -0.3 is 19.0 Å². The highest BCUT2D eigenvalue weighted by molar-refractivity contribution is 5.89. The van der Waals surface area contributed by atoms with Crippen molar-refractivity contribution >= 4 is 5.91 Å². The molecule has 130 valence electrons. The molecule has 0 aromatic carbocycles. The number of imidazole rings is 1. The van der Waals surface area contributed by atoms with Crippen LogP contribution in [-0.4, -0.2) is 57.7 Å². The van der Waals surface area contributed by atoms with Gasteiger partial charge >= 0.3 is 5.91 Å². The van der Waals surface area contributed by atoms with Gasteiger partial charge in [0, 0.05) is 26.3 Å². The standard InChI is InChI=1S/C16H23N5O3/c1-4-21-5-6-23-13(14(21)12-8-17-10-20(12)3)9-18-15(22)16-19-7-11(2)24-16/h7-8,10,13-14H,4-6,9H2,1-3H3,(H,18,22)/t13-,14-/m0/s1. The largest absolute Gasteiger partial charge is 0.438 e. The fourth-order valence-electron chi connectivity index (χ4n) is 3.07. The molecule has 0 spiro atoms. The van der Waals surface area contributed by atoms with Crippen molar-refractivity contribution in [3.05, 3.63) is 36.1 Å². The number of amides is 1. The summed E-state index contributed by atoms with van der Waals surface area (Å²) < 4.78 is 13.2. The van der Waals surface area contributed by atoms with Gasteiger partial charge in [0.15, 0.2) is 0 Å². The Kier molecular flexibility index (Phi) is 4.96. The Balaban J connectivity index is 1.72. The average Bonchev–Trinajstić information content (AvgIpc) is 3.20. The molecule has 0 saturated carbocycles. The van der Waals surface area contributed by atoms with E-state index in [9.17, 15) is 4.79 Å². The topological polar surface area (TPSA) is 85.4 Å². The number of oxazole rings is 1. The predicted octanol–water partition coefficient (Wildman–Crippen LogP) is 0.908. The van der Waals surface area contributed by atoms with Gasteiger partial charge in [-0.05, 0) is 13.5 Å². The van der Waals surface area contributed by atoms with Gasteiger partial charge in [0.05, 0.1) is 37.0 Å². The number of aromatic nitrogens is 3. The number of morpholine rings is 1. The van der Waals surface area contributed by atoms with Gasteiger partial charge in [0.2, 0.25) is 0 Å². The molecule has 1 N–H and O–H groups in total. The molecular formula is C16H23N5O3. The quantitative estimate of drug-likeness (QED) is 0.875. The number of nitrogens with zero attached hydrogens (tertiary/aromatic N) is 4. The highest BCUT2D eigenvalue weighted by Gasteiger charge is 2.35. The van der Waals surface area contributed by atoms with E-state index in [0.29, 0.717) is 18.9 Å². The molecule has 0 bridgehead atoms. The Labute approximate surface area is 140 Å². The van der Waals surface area contributed by atoms with Gasteiger partial charge in [-0.3, -0.25) is 9.69 Å². The van der Waals surface area contributed by atoms with E-state index in [1.807, 2.05) is 17.8 Å². The average molecular weight is 333 g/mol. The van der Waals surface area contributed by atoms with E-state index < -0.39 is 0 Å². The zero-order chi connectivity index (χ0) is 17.1. The summed E-state index contributed by atoms with van der Waals surface area (Å²) in [6.07, 6.45) is 5.01. The minimum absolute atomic E-state index is 0.0443. The lowest BCUT2D eigenvalue weighted by atomic mass is 10.0. The third kappa shape index (κ3) is 3.34. The molecule has 1 fully saturated rings. The molecule has 1 aliphatic heterocycles. The van der Waals surface area contributed by atoms with Gasteiger partial charge in [-0.15, -0.1) is 0 Å². The maximum absolute atomic E-state index is 12.2. The Morgan fingerprint density at radius 2 is 2.29 bits per heavy atom. The fourth-order valence-corrected chi connectivity index (χ4v) is 3.07. The van der Waals surface area contributed by atoms with Crippen LogP contribution in [0.15, 0.2) is 23.1 Å². The molecule has 1 amide bonds. The third-order valence-corrected chi connectivity index (χ3v) is 4.30. The molecule has 8 heteroatoms. The van der Waals surface area contributed by atoms with Crippen LogP contribution in [0.5, 0.6) is 0 Å². The summed E-state index contributed by atoms with van der Waals surface area (Å²) in [6.45, 7) is 6.66. The predicted molar refractivity (Wildman–Crippen MR) is 86.5 cm³/mol. The maximum Gasteiger partial charge on any atom is 0.307 e. The minimum Gasteiger partial charge on any atom is -0.438 e. The smallest absolute Gasteiger partial charge is 0.307 e. The highest BCUT2D eigenvalue weighted by atomic mass is 16.5. The van der Waals surface area contributed by atoms with Crippen molar-refractivity contribution < 1.29 is 13.9 Å². The Morgan fingerprint density at radius 3 is 2.92 bits per heavy atom. The van der Waals surface area contributed by atoms with E-state index in [1.54, 1.807) is 13.3 Å². The van der Waals surface area contributed by atoms with E-state index in [4.69, 9.17) is 9.15 Å². The second kappa shape index (κ2) is 7.14. The van der Waals surface area contributed by atoms with Crippen molar-refractivity contribution in [1.82, 2.24) is 24.8 Å². The highest BCUT2D eigenvalue weighted by Crippen LogP contribution is 2.28. The number of carbonyl (C=O) groups is 1. The normalized spacial score (nSPS) is 21.8. The van der Waals surface area contributed by atoms with Crippen molar-refractivity contribution in [2.45, 2.75) is 26.0 Å². The number of aryl methyl sites for hydroxylation is 2. The summed E-state index contributed by atoms with van der Waals surface area (Å²) in [5.74, 6) is 0.357. The van der Waals surface area contributed by atoms with Crippen LogP contribution in [0.3, 0.4) is 0 Å². The lowest BCUT2D eigenvalue weighted by Gasteiger charge is -2.40. The monoisotopic (exact) mass is 333 g/mol. The van der Waals surface area contributed by atoms with Crippen LogP contribution in [-0.2, 0) is 11.8 Å². The maximum atomic E-state index is 12.2. The van der Waals surface area contributed by atoms with Gasteiger partial charge in [-0.1, -0.05) is 6.92 Å². The van der Waals surface area contributed by atoms with E-state index >= 15 is 0 Å². The summed E-state index contributed by atoms with van der Waals surface area (Å²) in [7, 11) is 1.97. The van der Waals surface area contributed by atoms with Crippen molar-refractivity contribution in [3.63, 3.8) is 0 Å². The zero-order valence-electron chi connectivity index (χ0n) is 14.2. The number of rotatable bonds is 5. The summed E-state index contributed by atoms with van der Waals surface area (Å²) in [6, 6.07) is 0.0443. The molecule has 2 atom stereocenters.